The summed E-state index contributed by atoms with van der Waals surface area (Å²) in [4.78, 5) is 43.6. The van der Waals surface area contributed by atoms with Crippen LogP contribution in [0.5, 0.6) is 5.75 Å². The zero-order valence-corrected chi connectivity index (χ0v) is 28.3. The summed E-state index contributed by atoms with van der Waals surface area (Å²) in [5.74, 6) is -0.0206. The van der Waals surface area contributed by atoms with Crippen LogP contribution in [0, 0.1) is 6.92 Å². The molecular formula is C38H51N3O5. The number of unbranched alkanes of at least 4 members (excludes halogenated alkanes) is 5. The molecule has 0 fully saturated rings. The second-order valence-electron chi connectivity index (χ2n) is 12.7. The lowest BCUT2D eigenvalue weighted by Crippen LogP contribution is -2.53. The molecule has 2 unspecified atom stereocenters. The number of aryl methyl sites for hydroxylation is 1. The molecular weight excluding hydrogens is 578 g/mol. The molecule has 0 aliphatic heterocycles. The van der Waals surface area contributed by atoms with Crippen molar-refractivity contribution in [3.05, 3.63) is 95.6 Å². The molecule has 3 aromatic rings. The van der Waals surface area contributed by atoms with Crippen molar-refractivity contribution in [2.75, 3.05) is 19.0 Å². The quantitative estimate of drug-likeness (QED) is 0.157. The van der Waals surface area contributed by atoms with Gasteiger partial charge >= 0.3 is 6.09 Å². The van der Waals surface area contributed by atoms with Crippen molar-refractivity contribution in [1.29, 1.82) is 0 Å². The van der Waals surface area contributed by atoms with Crippen LogP contribution in [-0.2, 0) is 20.7 Å². The summed E-state index contributed by atoms with van der Waals surface area (Å²) in [5.41, 5.74) is 2.45. The SMILES string of the molecule is CCCCCCCCN(C(=O)C(Cc1ccccc1)NC(=O)OC(C)(C)C)C(C(=O)Nc1ccc(OC)cc1)c1ccc(C)cc1. The number of nitrogens with zero attached hydrogens (tertiary/aromatic N) is 1. The summed E-state index contributed by atoms with van der Waals surface area (Å²) in [5, 5.41) is 5.86. The third-order valence-electron chi connectivity index (χ3n) is 7.62. The van der Waals surface area contributed by atoms with Crippen LogP contribution in [0.3, 0.4) is 0 Å². The van der Waals surface area contributed by atoms with E-state index in [4.69, 9.17) is 9.47 Å². The van der Waals surface area contributed by atoms with Crippen molar-refractivity contribution >= 4 is 23.6 Å². The fourth-order valence-electron chi connectivity index (χ4n) is 5.24. The summed E-state index contributed by atoms with van der Waals surface area (Å²) in [6.07, 6.45) is 5.68. The number of rotatable bonds is 16. The Kier molecular flexibility index (Phi) is 14.1. The Morgan fingerprint density at radius 3 is 2.07 bits per heavy atom. The number of methoxy groups -OCH3 is 1. The Labute approximate surface area is 274 Å². The predicted molar refractivity (Wildman–Crippen MR) is 184 cm³/mol. The standard InChI is InChI=1S/C38H51N3O5/c1-7-8-9-10-11-15-26-41(36(43)33(27-29-16-13-12-14-17-29)40-37(44)46-38(3,4)5)34(30-20-18-28(2)19-21-30)35(42)39-31-22-24-32(45-6)25-23-31/h12-14,16-25,33-34H,7-11,15,26-27H2,1-6H3,(H,39,42)(H,40,44). The lowest BCUT2D eigenvalue weighted by Gasteiger charge is -2.35. The lowest BCUT2D eigenvalue weighted by atomic mass is 9.98. The monoisotopic (exact) mass is 629 g/mol. The minimum atomic E-state index is -0.959. The van der Waals surface area contributed by atoms with Gasteiger partial charge < -0.3 is 25.0 Å². The van der Waals surface area contributed by atoms with Crippen LogP contribution in [0.2, 0.25) is 0 Å². The van der Waals surface area contributed by atoms with Crippen molar-refractivity contribution < 1.29 is 23.9 Å². The van der Waals surface area contributed by atoms with Gasteiger partial charge in [-0.1, -0.05) is 99.2 Å². The van der Waals surface area contributed by atoms with Crippen molar-refractivity contribution in [2.45, 2.75) is 97.2 Å². The summed E-state index contributed by atoms with van der Waals surface area (Å²) >= 11 is 0. The molecule has 0 aliphatic rings. The van der Waals surface area contributed by atoms with E-state index < -0.39 is 23.8 Å². The minimum Gasteiger partial charge on any atom is -0.497 e. The molecule has 0 saturated carbocycles. The Balaban J connectivity index is 2.02. The van der Waals surface area contributed by atoms with Gasteiger partial charge in [0.25, 0.3) is 5.91 Å². The Morgan fingerprint density at radius 2 is 1.46 bits per heavy atom. The molecule has 0 aromatic heterocycles. The summed E-state index contributed by atoms with van der Waals surface area (Å²) in [6.45, 7) is 9.85. The topological polar surface area (TPSA) is 97.0 Å². The maximum Gasteiger partial charge on any atom is 0.408 e. The Morgan fingerprint density at radius 1 is 0.826 bits per heavy atom. The van der Waals surface area contributed by atoms with Gasteiger partial charge in [-0.05, 0) is 69.5 Å². The second-order valence-corrected chi connectivity index (χ2v) is 12.7. The van der Waals surface area contributed by atoms with Crippen LogP contribution in [0.25, 0.3) is 0 Å². The number of benzene rings is 3. The zero-order valence-electron chi connectivity index (χ0n) is 28.3. The third kappa shape index (κ3) is 11.9. The number of hydrogen-bond donors (Lipinski definition) is 2. The molecule has 8 heteroatoms. The van der Waals surface area contributed by atoms with Crippen molar-refractivity contribution in [3.63, 3.8) is 0 Å². The Bertz CT molecular complexity index is 1370. The average Bonchev–Trinajstić information content (AvgIpc) is 3.02. The number of alkyl carbamates (subject to hydrolysis) is 1. The first kappa shape index (κ1) is 36.1. The molecule has 2 N–H and O–H groups in total. The van der Waals surface area contributed by atoms with Gasteiger partial charge in [-0.15, -0.1) is 0 Å². The van der Waals surface area contributed by atoms with Gasteiger partial charge in [0.1, 0.15) is 23.4 Å². The van der Waals surface area contributed by atoms with E-state index in [1.54, 1.807) is 57.0 Å². The number of amides is 3. The molecule has 8 nitrogen and oxygen atoms in total. The fourth-order valence-corrected chi connectivity index (χ4v) is 5.24. The van der Waals surface area contributed by atoms with Gasteiger partial charge in [-0.25, -0.2) is 4.79 Å². The van der Waals surface area contributed by atoms with Gasteiger partial charge in [0.2, 0.25) is 5.91 Å². The van der Waals surface area contributed by atoms with E-state index in [2.05, 4.69) is 17.6 Å². The molecule has 0 radical (unpaired) electrons. The summed E-state index contributed by atoms with van der Waals surface area (Å²) in [7, 11) is 1.59. The molecule has 248 valence electrons. The highest BCUT2D eigenvalue weighted by Gasteiger charge is 2.36. The average molecular weight is 630 g/mol. The normalized spacial score (nSPS) is 12.5. The molecule has 3 rings (SSSR count). The van der Waals surface area contributed by atoms with E-state index in [1.165, 1.54) is 0 Å². The highest BCUT2D eigenvalue weighted by molar-refractivity contribution is 5.99. The first-order valence-electron chi connectivity index (χ1n) is 16.4. The van der Waals surface area contributed by atoms with E-state index in [0.29, 0.717) is 23.5 Å². The highest BCUT2D eigenvalue weighted by Crippen LogP contribution is 2.27. The van der Waals surface area contributed by atoms with Gasteiger partial charge in [0.15, 0.2) is 0 Å². The second kappa shape index (κ2) is 18.0. The van der Waals surface area contributed by atoms with Crippen LogP contribution in [0.15, 0.2) is 78.9 Å². The number of hydrogen-bond acceptors (Lipinski definition) is 5. The molecule has 0 aliphatic carbocycles. The zero-order chi connectivity index (χ0) is 33.5. The number of ether oxygens (including phenoxy) is 2. The maximum absolute atomic E-state index is 14.7. The van der Waals surface area contributed by atoms with Gasteiger partial charge in [-0.3, -0.25) is 9.59 Å². The van der Waals surface area contributed by atoms with Crippen LogP contribution in [0.1, 0.15) is 89.0 Å². The van der Waals surface area contributed by atoms with E-state index in [1.807, 2.05) is 61.5 Å². The van der Waals surface area contributed by atoms with Crippen LogP contribution in [-0.4, -0.2) is 48.1 Å². The van der Waals surface area contributed by atoms with Gasteiger partial charge in [0.05, 0.1) is 7.11 Å². The van der Waals surface area contributed by atoms with E-state index in [-0.39, 0.29) is 18.2 Å². The first-order chi connectivity index (χ1) is 22.0. The smallest absolute Gasteiger partial charge is 0.408 e. The third-order valence-corrected chi connectivity index (χ3v) is 7.62. The molecule has 0 spiro atoms. The first-order valence-corrected chi connectivity index (χ1v) is 16.4. The van der Waals surface area contributed by atoms with E-state index >= 15 is 0 Å². The Hall–Kier alpha value is -4.33. The number of nitrogens with one attached hydrogen (secondary N) is 2. The summed E-state index contributed by atoms with van der Waals surface area (Å²) < 4.78 is 10.8. The van der Waals surface area contributed by atoms with Crippen molar-refractivity contribution in [1.82, 2.24) is 10.2 Å². The molecule has 0 saturated heterocycles. The molecule has 0 bridgehead atoms. The highest BCUT2D eigenvalue weighted by atomic mass is 16.6. The van der Waals surface area contributed by atoms with Crippen molar-refractivity contribution in [2.24, 2.45) is 0 Å². The predicted octanol–water partition coefficient (Wildman–Crippen LogP) is 8.01. The van der Waals surface area contributed by atoms with Crippen LogP contribution in [0.4, 0.5) is 10.5 Å². The molecule has 46 heavy (non-hydrogen) atoms. The minimum absolute atomic E-state index is 0.243. The van der Waals surface area contributed by atoms with E-state index in [9.17, 15) is 14.4 Å². The van der Waals surface area contributed by atoms with E-state index in [0.717, 1.165) is 49.7 Å². The molecule has 2 atom stereocenters. The van der Waals surface area contributed by atoms with Gasteiger partial charge in [-0.2, -0.15) is 0 Å². The molecule has 3 aromatic carbocycles. The van der Waals surface area contributed by atoms with Crippen molar-refractivity contribution in [3.8, 4) is 5.75 Å². The van der Waals surface area contributed by atoms with Gasteiger partial charge in [0, 0.05) is 18.7 Å². The van der Waals surface area contributed by atoms with Crippen LogP contribution >= 0.6 is 0 Å². The fraction of sp³-hybridized carbons (Fsp3) is 0.447. The maximum atomic E-state index is 14.7. The molecule has 0 heterocycles. The number of anilines is 1. The lowest BCUT2D eigenvalue weighted by molar-refractivity contribution is -0.140. The number of carbonyl (C=O) groups excluding carboxylic acids is 3. The number of carbonyl (C=O) groups is 3. The molecule has 3 amide bonds. The summed E-state index contributed by atoms with van der Waals surface area (Å²) in [6, 6.07) is 22.4. The largest absolute Gasteiger partial charge is 0.497 e. The van der Waals surface area contributed by atoms with Crippen LogP contribution < -0.4 is 15.4 Å².